The molecule has 1 aromatic carbocycles. The van der Waals surface area contributed by atoms with Gasteiger partial charge in [-0.3, -0.25) is 4.79 Å². The third-order valence-corrected chi connectivity index (χ3v) is 5.37. The SMILES string of the molecule is CCCNS(=O)(=O)c1ccc2c(c1)NC(=O)C(CC)(CC)O2. The highest BCUT2D eigenvalue weighted by Gasteiger charge is 2.41. The van der Waals surface area contributed by atoms with Crippen LogP contribution in [-0.2, 0) is 14.8 Å². The van der Waals surface area contributed by atoms with Crippen molar-refractivity contribution in [3.63, 3.8) is 0 Å². The van der Waals surface area contributed by atoms with E-state index in [9.17, 15) is 13.2 Å². The van der Waals surface area contributed by atoms with Gasteiger partial charge in [0.2, 0.25) is 10.0 Å². The van der Waals surface area contributed by atoms with Crippen LogP contribution in [0.3, 0.4) is 0 Å². The van der Waals surface area contributed by atoms with Gasteiger partial charge < -0.3 is 10.1 Å². The number of amides is 1. The highest BCUT2D eigenvalue weighted by molar-refractivity contribution is 7.89. The summed E-state index contributed by atoms with van der Waals surface area (Å²) in [7, 11) is -3.57. The van der Waals surface area contributed by atoms with Gasteiger partial charge in [-0.15, -0.1) is 0 Å². The number of nitrogens with one attached hydrogen (secondary N) is 2. The molecular weight excluding hydrogens is 304 g/mol. The molecule has 2 rings (SSSR count). The summed E-state index contributed by atoms with van der Waals surface area (Å²) in [5.41, 5.74) is -0.490. The van der Waals surface area contributed by atoms with Gasteiger partial charge in [-0.25, -0.2) is 13.1 Å². The van der Waals surface area contributed by atoms with Crippen molar-refractivity contribution in [1.82, 2.24) is 4.72 Å². The predicted molar refractivity (Wildman–Crippen MR) is 84.5 cm³/mol. The predicted octanol–water partition coefficient (Wildman–Crippen LogP) is 2.26. The van der Waals surface area contributed by atoms with Crippen molar-refractivity contribution in [1.29, 1.82) is 0 Å². The van der Waals surface area contributed by atoms with E-state index in [0.29, 0.717) is 37.2 Å². The zero-order valence-corrected chi connectivity index (χ0v) is 13.9. The number of ether oxygens (including phenoxy) is 1. The molecule has 122 valence electrons. The second-order valence-corrected chi connectivity index (χ2v) is 7.08. The van der Waals surface area contributed by atoms with Gasteiger partial charge in [0.1, 0.15) is 5.75 Å². The standard InChI is InChI=1S/C15H22N2O4S/c1-4-9-16-22(19,20)11-7-8-13-12(10-11)17-14(18)15(5-2,6-3)21-13/h7-8,10,16H,4-6,9H2,1-3H3,(H,17,18). The Labute approximate surface area is 131 Å². The maximum atomic E-state index is 12.3. The fraction of sp³-hybridized carbons (Fsp3) is 0.533. The van der Waals surface area contributed by atoms with Crippen LogP contribution in [0.15, 0.2) is 23.1 Å². The lowest BCUT2D eigenvalue weighted by atomic mass is 9.94. The first-order chi connectivity index (χ1) is 10.4. The minimum atomic E-state index is -3.57. The highest BCUT2D eigenvalue weighted by atomic mass is 32.2. The van der Waals surface area contributed by atoms with Gasteiger partial charge in [-0.1, -0.05) is 20.8 Å². The van der Waals surface area contributed by atoms with Crippen LogP contribution in [0.2, 0.25) is 0 Å². The summed E-state index contributed by atoms with van der Waals surface area (Å²) in [5, 5.41) is 2.77. The average molecular weight is 326 g/mol. The first-order valence-electron chi connectivity index (χ1n) is 7.52. The highest BCUT2D eigenvalue weighted by Crippen LogP contribution is 2.37. The number of benzene rings is 1. The summed E-state index contributed by atoms with van der Waals surface area (Å²) < 4.78 is 32.6. The van der Waals surface area contributed by atoms with Crippen LogP contribution in [0.25, 0.3) is 0 Å². The van der Waals surface area contributed by atoms with E-state index < -0.39 is 15.6 Å². The molecule has 1 aliphatic rings. The van der Waals surface area contributed by atoms with Gasteiger partial charge in [0.15, 0.2) is 5.60 Å². The molecule has 6 nitrogen and oxygen atoms in total. The van der Waals surface area contributed by atoms with E-state index in [4.69, 9.17) is 4.74 Å². The lowest BCUT2D eigenvalue weighted by Gasteiger charge is -2.36. The number of rotatable bonds is 6. The third-order valence-electron chi connectivity index (χ3n) is 3.91. The Morgan fingerprint density at radius 1 is 1.23 bits per heavy atom. The van der Waals surface area contributed by atoms with Gasteiger partial charge in [0, 0.05) is 6.54 Å². The minimum absolute atomic E-state index is 0.115. The fourth-order valence-electron chi connectivity index (χ4n) is 2.39. The van der Waals surface area contributed by atoms with E-state index in [1.807, 2.05) is 20.8 Å². The number of carbonyl (C=O) groups is 1. The van der Waals surface area contributed by atoms with Gasteiger partial charge in [-0.05, 0) is 37.5 Å². The molecule has 0 aromatic heterocycles. The lowest BCUT2D eigenvalue weighted by molar-refractivity contribution is -0.133. The molecule has 0 radical (unpaired) electrons. The Kier molecular flexibility index (Phi) is 4.77. The van der Waals surface area contributed by atoms with Crippen LogP contribution in [0.1, 0.15) is 40.0 Å². The van der Waals surface area contributed by atoms with Crippen LogP contribution in [0.4, 0.5) is 5.69 Å². The molecule has 0 aliphatic carbocycles. The van der Waals surface area contributed by atoms with Gasteiger partial charge in [-0.2, -0.15) is 0 Å². The Bertz CT molecular complexity index is 666. The Hall–Kier alpha value is -1.60. The van der Waals surface area contributed by atoms with E-state index in [2.05, 4.69) is 10.0 Å². The summed E-state index contributed by atoms with van der Waals surface area (Å²) in [6.07, 6.45) is 1.80. The molecule has 1 aromatic rings. The monoisotopic (exact) mass is 326 g/mol. The largest absolute Gasteiger partial charge is 0.475 e. The van der Waals surface area contributed by atoms with Crippen LogP contribution in [0, 0.1) is 0 Å². The van der Waals surface area contributed by atoms with Crippen molar-refractivity contribution < 1.29 is 17.9 Å². The summed E-state index contributed by atoms with van der Waals surface area (Å²) >= 11 is 0. The van der Waals surface area contributed by atoms with Gasteiger partial charge in [0.25, 0.3) is 5.91 Å². The van der Waals surface area contributed by atoms with Gasteiger partial charge in [0.05, 0.1) is 10.6 Å². The lowest BCUT2D eigenvalue weighted by Crippen LogP contribution is -2.50. The molecule has 0 fully saturated rings. The van der Waals surface area contributed by atoms with Gasteiger partial charge >= 0.3 is 0 Å². The molecule has 0 spiro atoms. The molecule has 0 saturated carbocycles. The molecule has 0 saturated heterocycles. The fourth-order valence-corrected chi connectivity index (χ4v) is 3.55. The van der Waals surface area contributed by atoms with Crippen molar-refractivity contribution in [2.24, 2.45) is 0 Å². The maximum Gasteiger partial charge on any atom is 0.268 e. The first kappa shape index (κ1) is 16.8. The molecular formula is C15H22N2O4S. The Morgan fingerprint density at radius 2 is 1.91 bits per heavy atom. The van der Waals surface area contributed by atoms with Crippen molar-refractivity contribution in [2.75, 3.05) is 11.9 Å². The maximum absolute atomic E-state index is 12.3. The molecule has 22 heavy (non-hydrogen) atoms. The number of fused-ring (bicyclic) bond motifs is 1. The Morgan fingerprint density at radius 3 is 2.50 bits per heavy atom. The minimum Gasteiger partial charge on any atom is -0.475 e. The zero-order valence-electron chi connectivity index (χ0n) is 13.1. The Balaban J connectivity index is 2.35. The van der Waals surface area contributed by atoms with Crippen LogP contribution < -0.4 is 14.8 Å². The molecule has 1 heterocycles. The topological polar surface area (TPSA) is 84.5 Å². The van der Waals surface area contributed by atoms with E-state index in [-0.39, 0.29) is 10.8 Å². The molecule has 0 atom stereocenters. The molecule has 0 unspecified atom stereocenters. The van der Waals surface area contributed by atoms with Crippen molar-refractivity contribution in [2.45, 2.75) is 50.5 Å². The van der Waals surface area contributed by atoms with E-state index in [1.165, 1.54) is 12.1 Å². The molecule has 1 amide bonds. The van der Waals surface area contributed by atoms with Crippen LogP contribution >= 0.6 is 0 Å². The number of carbonyl (C=O) groups excluding carboxylic acids is 1. The normalized spacial score (nSPS) is 16.6. The van der Waals surface area contributed by atoms with E-state index in [1.54, 1.807) is 6.07 Å². The molecule has 0 bridgehead atoms. The van der Waals surface area contributed by atoms with Crippen molar-refractivity contribution in [3.8, 4) is 5.75 Å². The van der Waals surface area contributed by atoms with Crippen LogP contribution in [0.5, 0.6) is 5.75 Å². The summed E-state index contributed by atoms with van der Waals surface area (Å²) in [6, 6.07) is 4.51. The molecule has 2 N–H and O–H groups in total. The number of hydrogen-bond donors (Lipinski definition) is 2. The number of anilines is 1. The number of sulfonamides is 1. The zero-order chi connectivity index (χ0) is 16.4. The van der Waals surface area contributed by atoms with Crippen molar-refractivity contribution in [3.05, 3.63) is 18.2 Å². The second kappa shape index (κ2) is 6.26. The third kappa shape index (κ3) is 2.96. The number of hydrogen-bond acceptors (Lipinski definition) is 4. The average Bonchev–Trinajstić information content (AvgIpc) is 2.52. The quantitative estimate of drug-likeness (QED) is 0.840. The second-order valence-electron chi connectivity index (χ2n) is 5.31. The van der Waals surface area contributed by atoms with Crippen molar-refractivity contribution >= 4 is 21.6 Å². The molecule has 1 aliphatic heterocycles. The van der Waals surface area contributed by atoms with Crippen LogP contribution in [-0.4, -0.2) is 26.5 Å². The first-order valence-corrected chi connectivity index (χ1v) is 9.01. The smallest absolute Gasteiger partial charge is 0.268 e. The van der Waals surface area contributed by atoms with E-state index in [0.717, 1.165) is 0 Å². The van der Waals surface area contributed by atoms with E-state index >= 15 is 0 Å². The summed E-state index contributed by atoms with van der Waals surface area (Å²) in [4.78, 5) is 12.4. The summed E-state index contributed by atoms with van der Waals surface area (Å²) in [5.74, 6) is 0.263. The summed E-state index contributed by atoms with van der Waals surface area (Å²) in [6.45, 7) is 6.04. The molecule has 7 heteroatoms.